The van der Waals surface area contributed by atoms with Gasteiger partial charge in [-0.25, -0.2) is 0 Å². The minimum Gasteiger partial charge on any atom is -0.360 e. The molecular weight excluding hydrogens is 184 g/mol. The van der Waals surface area contributed by atoms with E-state index < -0.39 is 0 Å². The molecule has 2 aromatic rings. The van der Waals surface area contributed by atoms with Gasteiger partial charge in [0, 0.05) is 0 Å². The van der Waals surface area contributed by atoms with Gasteiger partial charge in [-0.15, -0.1) is 0 Å². The summed E-state index contributed by atoms with van der Waals surface area (Å²) in [6, 6.07) is 12.9. The van der Waals surface area contributed by atoms with Crippen LogP contribution in [-0.2, 0) is 4.74 Å². The van der Waals surface area contributed by atoms with Crippen LogP contribution in [0.2, 0.25) is 0 Å². The summed E-state index contributed by atoms with van der Waals surface area (Å²) < 4.78 is 5.63. The lowest BCUT2D eigenvalue weighted by atomic mass is 9.92. The summed E-state index contributed by atoms with van der Waals surface area (Å²) in [6.07, 6.45) is 4.98. The first-order chi connectivity index (χ1) is 7.43. The van der Waals surface area contributed by atoms with Crippen molar-refractivity contribution < 1.29 is 4.74 Å². The van der Waals surface area contributed by atoms with Gasteiger partial charge >= 0.3 is 0 Å². The van der Waals surface area contributed by atoms with Crippen molar-refractivity contribution in [1.82, 2.24) is 0 Å². The molecule has 2 atom stereocenters. The van der Waals surface area contributed by atoms with E-state index in [1.807, 2.05) is 0 Å². The summed E-state index contributed by atoms with van der Waals surface area (Å²) in [7, 11) is 0. The zero-order chi connectivity index (χ0) is 9.83. The van der Waals surface area contributed by atoms with E-state index in [0.717, 1.165) is 0 Å². The molecule has 0 amide bonds. The van der Waals surface area contributed by atoms with Crippen LogP contribution in [0.1, 0.15) is 17.2 Å². The molecule has 1 heterocycles. The maximum absolute atomic E-state index is 5.63. The largest absolute Gasteiger partial charge is 0.360 e. The van der Waals surface area contributed by atoms with E-state index in [0.29, 0.717) is 12.2 Å². The normalized spacial score (nSPS) is 26.1. The summed E-state index contributed by atoms with van der Waals surface area (Å²) in [5.74, 6) is 0. The maximum atomic E-state index is 5.63. The van der Waals surface area contributed by atoms with Crippen molar-refractivity contribution in [2.24, 2.45) is 0 Å². The van der Waals surface area contributed by atoms with Gasteiger partial charge in [-0.3, -0.25) is 0 Å². The number of rotatable bonds is 0. The van der Waals surface area contributed by atoms with Crippen LogP contribution in [0.25, 0.3) is 16.8 Å². The predicted molar refractivity (Wildman–Crippen MR) is 60.6 cm³/mol. The quantitative estimate of drug-likeness (QED) is 0.586. The molecule has 0 spiro atoms. The molecule has 1 nitrogen and oxygen atoms in total. The molecule has 1 aliphatic heterocycles. The Hall–Kier alpha value is -1.60. The minimum absolute atomic E-state index is 0.316. The molecule has 0 unspecified atom stereocenters. The topological polar surface area (TPSA) is 12.5 Å². The SMILES string of the molecule is C1=C[C@@H]2O[C@H]2c2c1ccc1ccccc21. The van der Waals surface area contributed by atoms with Crippen molar-refractivity contribution in [3.63, 3.8) is 0 Å². The zero-order valence-corrected chi connectivity index (χ0v) is 8.18. The maximum Gasteiger partial charge on any atom is 0.114 e. The molecule has 0 bridgehead atoms. The molecule has 1 aliphatic carbocycles. The Morgan fingerprint density at radius 2 is 1.93 bits per heavy atom. The van der Waals surface area contributed by atoms with Crippen molar-refractivity contribution >= 4 is 16.8 Å². The Kier molecular flexibility index (Phi) is 1.28. The molecule has 72 valence electrons. The Morgan fingerprint density at radius 3 is 2.93 bits per heavy atom. The molecule has 0 aromatic heterocycles. The first-order valence-corrected chi connectivity index (χ1v) is 5.29. The van der Waals surface area contributed by atoms with Gasteiger partial charge in [0.25, 0.3) is 0 Å². The first kappa shape index (κ1) is 7.66. The van der Waals surface area contributed by atoms with Crippen molar-refractivity contribution in [3.05, 3.63) is 53.6 Å². The van der Waals surface area contributed by atoms with E-state index in [1.54, 1.807) is 0 Å². The van der Waals surface area contributed by atoms with Gasteiger partial charge in [0.15, 0.2) is 0 Å². The van der Waals surface area contributed by atoms with Crippen molar-refractivity contribution in [3.8, 4) is 0 Å². The van der Waals surface area contributed by atoms with Gasteiger partial charge < -0.3 is 4.74 Å². The van der Waals surface area contributed by atoms with Crippen LogP contribution in [0.5, 0.6) is 0 Å². The molecule has 15 heavy (non-hydrogen) atoms. The van der Waals surface area contributed by atoms with Crippen LogP contribution < -0.4 is 0 Å². The summed E-state index contributed by atoms with van der Waals surface area (Å²) in [6.45, 7) is 0. The number of hydrogen-bond acceptors (Lipinski definition) is 1. The lowest BCUT2D eigenvalue weighted by Gasteiger charge is -2.10. The Balaban J connectivity index is 2.15. The van der Waals surface area contributed by atoms with Gasteiger partial charge in [-0.05, 0) is 21.9 Å². The molecule has 1 fully saturated rings. The van der Waals surface area contributed by atoms with Crippen LogP contribution in [0.3, 0.4) is 0 Å². The fraction of sp³-hybridized carbons (Fsp3) is 0.143. The monoisotopic (exact) mass is 194 g/mol. The molecule has 0 N–H and O–H groups in total. The van der Waals surface area contributed by atoms with Crippen molar-refractivity contribution in [2.75, 3.05) is 0 Å². The summed E-state index contributed by atoms with van der Waals surface area (Å²) in [5.41, 5.74) is 2.69. The number of hydrogen-bond donors (Lipinski definition) is 0. The summed E-state index contributed by atoms with van der Waals surface area (Å²) >= 11 is 0. The molecule has 0 saturated carbocycles. The third kappa shape index (κ3) is 0.959. The summed E-state index contributed by atoms with van der Waals surface area (Å²) in [4.78, 5) is 0. The average molecular weight is 194 g/mol. The van der Waals surface area contributed by atoms with Crippen LogP contribution in [0.15, 0.2) is 42.5 Å². The van der Waals surface area contributed by atoms with Gasteiger partial charge in [0.05, 0.1) is 0 Å². The molecule has 1 heteroatoms. The van der Waals surface area contributed by atoms with Crippen molar-refractivity contribution in [1.29, 1.82) is 0 Å². The van der Waals surface area contributed by atoms with E-state index >= 15 is 0 Å². The van der Waals surface area contributed by atoms with E-state index in [9.17, 15) is 0 Å². The highest BCUT2D eigenvalue weighted by Gasteiger charge is 2.42. The highest BCUT2D eigenvalue weighted by Crippen LogP contribution is 2.47. The number of fused-ring (bicyclic) bond motifs is 5. The lowest BCUT2D eigenvalue weighted by molar-refractivity contribution is 0.396. The number of epoxide rings is 1. The van der Waals surface area contributed by atoms with Gasteiger partial charge in [0.2, 0.25) is 0 Å². The van der Waals surface area contributed by atoms with Crippen LogP contribution in [0.4, 0.5) is 0 Å². The molecule has 0 radical (unpaired) electrons. The second-order valence-corrected chi connectivity index (χ2v) is 4.17. The lowest BCUT2D eigenvalue weighted by Crippen LogP contribution is -1.96. The second-order valence-electron chi connectivity index (χ2n) is 4.17. The fourth-order valence-corrected chi connectivity index (χ4v) is 2.48. The molecule has 4 rings (SSSR count). The van der Waals surface area contributed by atoms with Crippen LogP contribution in [-0.4, -0.2) is 6.10 Å². The van der Waals surface area contributed by atoms with Crippen LogP contribution in [0, 0.1) is 0 Å². The Morgan fingerprint density at radius 1 is 1.00 bits per heavy atom. The highest BCUT2D eigenvalue weighted by atomic mass is 16.6. The van der Waals surface area contributed by atoms with E-state index in [-0.39, 0.29) is 0 Å². The minimum atomic E-state index is 0.316. The Labute approximate surface area is 88.0 Å². The Bertz CT molecular complexity index is 583. The van der Waals surface area contributed by atoms with E-state index in [2.05, 4.69) is 48.6 Å². The van der Waals surface area contributed by atoms with Gasteiger partial charge in [-0.2, -0.15) is 0 Å². The molecule has 2 aromatic carbocycles. The van der Waals surface area contributed by atoms with Crippen molar-refractivity contribution in [2.45, 2.75) is 12.2 Å². The fourth-order valence-electron chi connectivity index (χ4n) is 2.48. The van der Waals surface area contributed by atoms with Gasteiger partial charge in [0.1, 0.15) is 12.2 Å². The number of benzene rings is 2. The number of ether oxygens (including phenoxy) is 1. The summed E-state index contributed by atoms with van der Waals surface area (Å²) in [5, 5.41) is 2.65. The first-order valence-electron chi connectivity index (χ1n) is 5.29. The second kappa shape index (κ2) is 2.50. The molecule has 1 saturated heterocycles. The van der Waals surface area contributed by atoms with Gasteiger partial charge in [-0.1, -0.05) is 48.6 Å². The third-order valence-corrected chi connectivity index (χ3v) is 3.28. The van der Waals surface area contributed by atoms with Crippen LogP contribution >= 0.6 is 0 Å². The zero-order valence-electron chi connectivity index (χ0n) is 8.18. The standard InChI is InChI=1S/C14H10O/c1-2-4-11-9(3-1)5-6-10-7-8-12-14(15-12)13(10)11/h1-8,12,14H/t12-,14+/m0/s1. The highest BCUT2D eigenvalue weighted by molar-refractivity contribution is 5.90. The molecular formula is C14H10O. The van der Waals surface area contributed by atoms with E-state index in [4.69, 9.17) is 4.74 Å². The third-order valence-electron chi connectivity index (χ3n) is 3.28. The average Bonchev–Trinajstić information content (AvgIpc) is 3.07. The molecule has 2 aliphatic rings. The van der Waals surface area contributed by atoms with E-state index in [1.165, 1.54) is 21.9 Å². The predicted octanol–water partition coefficient (Wildman–Crippen LogP) is 3.31. The smallest absolute Gasteiger partial charge is 0.114 e.